The lowest BCUT2D eigenvalue weighted by atomic mass is 10.1. The fraction of sp³-hybridized carbons (Fsp3) is 0.429. The Bertz CT molecular complexity index is 521. The van der Waals surface area contributed by atoms with E-state index in [-0.39, 0.29) is 5.56 Å². The summed E-state index contributed by atoms with van der Waals surface area (Å²) in [7, 11) is 0. The van der Waals surface area contributed by atoms with Gasteiger partial charge in [-0.1, -0.05) is 6.07 Å². The van der Waals surface area contributed by atoms with Crippen LogP contribution in [0.3, 0.4) is 0 Å². The van der Waals surface area contributed by atoms with Crippen molar-refractivity contribution in [2.75, 3.05) is 6.54 Å². The molecule has 1 aliphatic carbocycles. The summed E-state index contributed by atoms with van der Waals surface area (Å²) in [6, 6.07) is 6.79. The molecular formula is C14H15FN2O2. The lowest BCUT2D eigenvalue weighted by Crippen LogP contribution is -2.26. The maximum absolute atomic E-state index is 13.6. The number of carboxylic acid groups (broad SMARTS) is 1. The largest absolute Gasteiger partial charge is 0.478 e. The van der Waals surface area contributed by atoms with Crippen molar-refractivity contribution in [1.29, 1.82) is 5.26 Å². The number of nitrogens with zero attached hydrogens (tertiary/aromatic N) is 2. The Kier molecular flexibility index (Phi) is 4.13. The van der Waals surface area contributed by atoms with Gasteiger partial charge in [-0.3, -0.25) is 4.90 Å². The molecule has 0 aliphatic heterocycles. The molecule has 1 aromatic rings. The number of carboxylic acids is 1. The van der Waals surface area contributed by atoms with Gasteiger partial charge in [0.25, 0.3) is 0 Å². The van der Waals surface area contributed by atoms with Crippen molar-refractivity contribution in [1.82, 2.24) is 4.90 Å². The van der Waals surface area contributed by atoms with Crippen LogP contribution in [0.15, 0.2) is 18.2 Å². The summed E-state index contributed by atoms with van der Waals surface area (Å²) in [5.74, 6) is -1.96. The minimum atomic E-state index is -1.26. The van der Waals surface area contributed by atoms with E-state index in [4.69, 9.17) is 10.4 Å². The molecule has 1 fully saturated rings. The predicted molar refractivity (Wildman–Crippen MR) is 67.0 cm³/mol. The van der Waals surface area contributed by atoms with E-state index in [2.05, 4.69) is 11.0 Å². The molecule has 0 amide bonds. The van der Waals surface area contributed by atoms with E-state index in [0.717, 1.165) is 18.4 Å². The van der Waals surface area contributed by atoms with Crippen molar-refractivity contribution < 1.29 is 14.3 Å². The molecule has 1 aliphatic rings. The molecule has 1 N–H and O–H groups in total. The lowest BCUT2D eigenvalue weighted by Gasteiger charge is -2.20. The summed E-state index contributed by atoms with van der Waals surface area (Å²) in [6.45, 7) is 1.23. The summed E-state index contributed by atoms with van der Waals surface area (Å²) in [5.41, 5.74) is 0.436. The Morgan fingerprint density at radius 2 is 2.26 bits per heavy atom. The number of halogens is 1. The zero-order valence-electron chi connectivity index (χ0n) is 10.5. The molecule has 0 radical (unpaired) electrons. The van der Waals surface area contributed by atoms with Gasteiger partial charge in [-0.2, -0.15) is 5.26 Å². The van der Waals surface area contributed by atoms with Gasteiger partial charge in [0.2, 0.25) is 0 Å². The van der Waals surface area contributed by atoms with Crippen LogP contribution in [-0.2, 0) is 6.54 Å². The van der Waals surface area contributed by atoms with Gasteiger partial charge in [-0.05, 0) is 30.5 Å². The molecule has 0 unspecified atom stereocenters. The molecule has 19 heavy (non-hydrogen) atoms. The number of hydrogen-bond donors (Lipinski definition) is 1. The van der Waals surface area contributed by atoms with Crippen LogP contribution in [0.1, 0.15) is 35.2 Å². The SMILES string of the molecule is N#CCCN(Cc1ccc(C(=O)O)c(F)c1)C1CC1. The van der Waals surface area contributed by atoms with Crippen LogP contribution in [0.25, 0.3) is 0 Å². The van der Waals surface area contributed by atoms with Crippen molar-refractivity contribution in [3.8, 4) is 6.07 Å². The molecule has 100 valence electrons. The van der Waals surface area contributed by atoms with Crippen molar-refractivity contribution >= 4 is 5.97 Å². The highest BCUT2D eigenvalue weighted by Gasteiger charge is 2.28. The number of benzene rings is 1. The Morgan fingerprint density at radius 3 is 2.79 bits per heavy atom. The fourth-order valence-electron chi connectivity index (χ4n) is 2.09. The maximum atomic E-state index is 13.6. The number of rotatable bonds is 6. The van der Waals surface area contributed by atoms with E-state index in [1.165, 1.54) is 12.1 Å². The smallest absolute Gasteiger partial charge is 0.338 e. The Hall–Kier alpha value is -1.93. The van der Waals surface area contributed by atoms with Crippen LogP contribution in [-0.4, -0.2) is 28.6 Å². The van der Waals surface area contributed by atoms with Crippen LogP contribution in [0.2, 0.25) is 0 Å². The number of hydrogen-bond acceptors (Lipinski definition) is 3. The van der Waals surface area contributed by atoms with E-state index >= 15 is 0 Å². The van der Waals surface area contributed by atoms with Gasteiger partial charge < -0.3 is 5.11 Å². The standard InChI is InChI=1S/C14H15FN2O2/c15-13-8-10(2-5-12(13)14(18)19)9-17(7-1-6-16)11-3-4-11/h2,5,8,11H,1,3-4,7,9H2,(H,18,19). The van der Waals surface area contributed by atoms with Gasteiger partial charge in [0.1, 0.15) is 5.82 Å². The highest BCUT2D eigenvalue weighted by atomic mass is 19.1. The average molecular weight is 262 g/mol. The second-order valence-electron chi connectivity index (χ2n) is 4.73. The third kappa shape index (κ3) is 3.52. The van der Waals surface area contributed by atoms with Crippen LogP contribution in [0.5, 0.6) is 0 Å². The zero-order valence-corrected chi connectivity index (χ0v) is 10.5. The van der Waals surface area contributed by atoms with E-state index in [9.17, 15) is 9.18 Å². The predicted octanol–water partition coefficient (Wildman–Crippen LogP) is 2.40. The molecule has 2 rings (SSSR count). The average Bonchev–Trinajstić information content (AvgIpc) is 3.18. The van der Waals surface area contributed by atoms with Crippen LogP contribution >= 0.6 is 0 Å². The molecule has 0 saturated heterocycles. The van der Waals surface area contributed by atoms with E-state index in [0.29, 0.717) is 25.6 Å². The van der Waals surface area contributed by atoms with E-state index < -0.39 is 11.8 Å². The van der Waals surface area contributed by atoms with Gasteiger partial charge in [-0.25, -0.2) is 9.18 Å². The van der Waals surface area contributed by atoms with Crippen LogP contribution in [0, 0.1) is 17.1 Å². The highest BCUT2D eigenvalue weighted by Crippen LogP contribution is 2.28. The monoisotopic (exact) mass is 262 g/mol. The fourth-order valence-corrected chi connectivity index (χ4v) is 2.09. The molecule has 0 heterocycles. The summed E-state index contributed by atoms with van der Waals surface area (Å²) in [5, 5.41) is 17.4. The first-order valence-electron chi connectivity index (χ1n) is 6.24. The first-order valence-corrected chi connectivity index (χ1v) is 6.24. The van der Waals surface area contributed by atoms with Gasteiger partial charge in [0.05, 0.1) is 11.6 Å². The Morgan fingerprint density at radius 1 is 1.53 bits per heavy atom. The van der Waals surface area contributed by atoms with Crippen molar-refractivity contribution in [3.63, 3.8) is 0 Å². The quantitative estimate of drug-likeness (QED) is 0.855. The summed E-state index contributed by atoms with van der Waals surface area (Å²) < 4.78 is 13.6. The first kappa shape index (κ1) is 13.5. The lowest BCUT2D eigenvalue weighted by molar-refractivity contribution is 0.0692. The van der Waals surface area contributed by atoms with Gasteiger partial charge >= 0.3 is 5.97 Å². The van der Waals surface area contributed by atoms with Crippen molar-refractivity contribution in [3.05, 3.63) is 35.1 Å². The highest BCUT2D eigenvalue weighted by molar-refractivity contribution is 5.87. The zero-order chi connectivity index (χ0) is 13.8. The minimum Gasteiger partial charge on any atom is -0.478 e. The second-order valence-corrected chi connectivity index (χ2v) is 4.73. The van der Waals surface area contributed by atoms with Crippen LogP contribution < -0.4 is 0 Å². The molecular weight excluding hydrogens is 247 g/mol. The molecule has 0 aromatic heterocycles. The Balaban J connectivity index is 2.07. The summed E-state index contributed by atoms with van der Waals surface area (Å²) in [4.78, 5) is 12.9. The topological polar surface area (TPSA) is 64.3 Å². The van der Waals surface area contributed by atoms with Gasteiger partial charge in [0.15, 0.2) is 0 Å². The van der Waals surface area contributed by atoms with Crippen LogP contribution in [0.4, 0.5) is 4.39 Å². The number of carbonyl (C=O) groups is 1. The minimum absolute atomic E-state index is 0.307. The Labute approximate surface area is 111 Å². The maximum Gasteiger partial charge on any atom is 0.338 e. The second kappa shape index (κ2) is 5.81. The normalized spacial score (nSPS) is 14.4. The number of nitriles is 1. The third-order valence-corrected chi connectivity index (χ3v) is 3.22. The molecule has 0 spiro atoms. The van der Waals surface area contributed by atoms with Gasteiger partial charge in [-0.15, -0.1) is 0 Å². The van der Waals surface area contributed by atoms with E-state index in [1.54, 1.807) is 6.07 Å². The first-order chi connectivity index (χ1) is 9.11. The molecule has 4 nitrogen and oxygen atoms in total. The summed E-state index contributed by atoms with van der Waals surface area (Å²) >= 11 is 0. The molecule has 5 heteroatoms. The van der Waals surface area contributed by atoms with Gasteiger partial charge in [0, 0.05) is 25.6 Å². The summed E-state index contributed by atoms with van der Waals surface area (Å²) in [6.07, 6.45) is 2.68. The third-order valence-electron chi connectivity index (χ3n) is 3.22. The molecule has 0 bridgehead atoms. The number of aromatic carboxylic acids is 1. The molecule has 1 aromatic carbocycles. The molecule has 0 atom stereocenters. The van der Waals surface area contributed by atoms with Crippen molar-refractivity contribution in [2.45, 2.75) is 31.8 Å². The molecule has 1 saturated carbocycles. The van der Waals surface area contributed by atoms with Crippen molar-refractivity contribution in [2.24, 2.45) is 0 Å². The van der Waals surface area contributed by atoms with E-state index in [1.807, 2.05) is 0 Å².